The van der Waals surface area contributed by atoms with Gasteiger partial charge >= 0.3 is 0 Å². The van der Waals surface area contributed by atoms with E-state index in [2.05, 4.69) is 51.5 Å². The van der Waals surface area contributed by atoms with Crippen LogP contribution >= 0.6 is 0 Å². The van der Waals surface area contributed by atoms with Gasteiger partial charge in [-0.3, -0.25) is 9.69 Å². The zero-order valence-corrected chi connectivity index (χ0v) is 16.7. The molecule has 0 unspecified atom stereocenters. The molecule has 0 aromatic heterocycles. The van der Waals surface area contributed by atoms with Crippen LogP contribution in [0.1, 0.15) is 53.6 Å². The molecular formula is C24H31N3O. The molecule has 2 aromatic rings. The van der Waals surface area contributed by atoms with Gasteiger partial charge < -0.3 is 10.2 Å². The molecule has 0 radical (unpaired) electrons. The third kappa shape index (κ3) is 4.93. The lowest BCUT2D eigenvalue weighted by molar-refractivity contribution is 0.0951. The molecule has 1 N–H and O–H groups in total. The maximum Gasteiger partial charge on any atom is 0.251 e. The number of benzene rings is 2. The Hall–Kier alpha value is -2.33. The van der Waals surface area contributed by atoms with E-state index in [1.54, 1.807) is 0 Å². The summed E-state index contributed by atoms with van der Waals surface area (Å²) < 4.78 is 0. The van der Waals surface area contributed by atoms with Crippen LogP contribution in [-0.2, 0) is 13.1 Å². The number of rotatable bonds is 6. The molecule has 148 valence electrons. The van der Waals surface area contributed by atoms with Gasteiger partial charge in [0.15, 0.2) is 0 Å². The Morgan fingerprint density at radius 1 is 0.821 bits per heavy atom. The maximum absolute atomic E-state index is 12.5. The zero-order chi connectivity index (χ0) is 19.2. The first-order valence-corrected chi connectivity index (χ1v) is 10.7. The summed E-state index contributed by atoms with van der Waals surface area (Å²) in [4.78, 5) is 17.5. The van der Waals surface area contributed by atoms with Crippen molar-refractivity contribution in [2.24, 2.45) is 0 Å². The van der Waals surface area contributed by atoms with Gasteiger partial charge in [-0.1, -0.05) is 24.3 Å². The third-order valence-corrected chi connectivity index (χ3v) is 5.90. The molecule has 0 spiro atoms. The average molecular weight is 378 g/mol. The molecule has 0 bridgehead atoms. The fraction of sp³-hybridized carbons (Fsp3) is 0.458. The van der Waals surface area contributed by atoms with Crippen LogP contribution in [0.25, 0.3) is 0 Å². The van der Waals surface area contributed by atoms with Crippen molar-refractivity contribution >= 4 is 11.6 Å². The van der Waals surface area contributed by atoms with Crippen molar-refractivity contribution in [3.8, 4) is 0 Å². The van der Waals surface area contributed by atoms with Crippen molar-refractivity contribution < 1.29 is 4.79 Å². The van der Waals surface area contributed by atoms with Gasteiger partial charge in [-0.25, -0.2) is 0 Å². The molecular weight excluding hydrogens is 346 g/mol. The quantitative estimate of drug-likeness (QED) is 0.819. The van der Waals surface area contributed by atoms with Crippen molar-refractivity contribution in [3.63, 3.8) is 0 Å². The van der Waals surface area contributed by atoms with E-state index in [0.717, 1.165) is 30.8 Å². The summed E-state index contributed by atoms with van der Waals surface area (Å²) in [6.07, 6.45) is 6.48. The second kappa shape index (κ2) is 9.24. The molecule has 28 heavy (non-hydrogen) atoms. The van der Waals surface area contributed by atoms with Gasteiger partial charge in [0.05, 0.1) is 0 Å². The Balaban J connectivity index is 1.31. The summed E-state index contributed by atoms with van der Waals surface area (Å²) in [5, 5.41) is 3.07. The van der Waals surface area contributed by atoms with Crippen LogP contribution in [0.5, 0.6) is 0 Å². The Bertz CT molecular complexity index is 775. The van der Waals surface area contributed by atoms with E-state index in [1.807, 2.05) is 12.1 Å². The van der Waals surface area contributed by atoms with E-state index < -0.39 is 0 Å². The SMILES string of the molecule is O=C(NCc1cccc(CN2CCCC2)c1)c1ccc(N2CCCCC2)cc1. The number of carbonyl (C=O) groups excluding carboxylic acids is 1. The van der Waals surface area contributed by atoms with E-state index in [-0.39, 0.29) is 5.91 Å². The Morgan fingerprint density at radius 2 is 1.50 bits per heavy atom. The highest BCUT2D eigenvalue weighted by atomic mass is 16.1. The molecule has 0 atom stereocenters. The Morgan fingerprint density at radius 3 is 2.25 bits per heavy atom. The molecule has 4 rings (SSSR count). The van der Waals surface area contributed by atoms with E-state index in [4.69, 9.17) is 0 Å². The number of anilines is 1. The summed E-state index contributed by atoms with van der Waals surface area (Å²) in [6, 6.07) is 16.6. The standard InChI is InChI=1S/C24H31N3O/c28-24(22-9-11-23(12-10-22)27-15-2-1-3-16-27)25-18-20-7-6-8-21(17-20)19-26-13-4-5-14-26/h6-12,17H,1-5,13-16,18-19H2,(H,25,28). The van der Waals surface area contributed by atoms with Crippen LogP contribution in [0.15, 0.2) is 48.5 Å². The van der Waals surface area contributed by atoms with Crippen molar-refractivity contribution in [3.05, 3.63) is 65.2 Å². The van der Waals surface area contributed by atoms with Gasteiger partial charge in [0.2, 0.25) is 0 Å². The summed E-state index contributed by atoms with van der Waals surface area (Å²) in [5.74, 6) is -0.00450. The van der Waals surface area contributed by atoms with E-state index in [1.165, 1.54) is 56.4 Å². The summed E-state index contributed by atoms with van der Waals surface area (Å²) >= 11 is 0. The van der Waals surface area contributed by atoms with Crippen LogP contribution in [0.2, 0.25) is 0 Å². The first kappa shape index (κ1) is 19.0. The number of nitrogens with one attached hydrogen (secondary N) is 1. The van der Waals surface area contributed by atoms with Gasteiger partial charge in [0.25, 0.3) is 5.91 Å². The lowest BCUT2D eigenvalue weighted by atomic mass is 10.1. The number of hydrogen-bond donors (Lipinski definition) is 1. The van der Waals surface area contributed by atoms with Gasteiger partial charge in [-0.2, -0.15) is 0 Å². The van der Waals surface area contributed by atoms with Gasteiger partial charge in [0, 0.05) is 37.4 Å². The highest BCUT2D eigenvalue weighted by molar-refractivity contribution is 5.94. The minimum atomic E-state index is -0.00450. The molecule has 0 aliphatic carbocycles. The lowest BCUT2D eigenvalue weighted by Gasteiger charge is -2.28. The monoisotopic (exact) mass is 377 g/mol. The van der Waals surface area contributed by atoms with E-state index in [9.17, 15) is 4.79 Å². The topological polar surface area (TPSA) is 35.6 Å². The van der Waals surface area contributed by atoms with Gasteiger partial charge in [0.1, 0.15) is 0 Å². The normalized spacial score (nSPS) is 17.6. The zero-order valence-electron chi connectivity index (χ0n) is 16.7. The molecule has 2 heterocycles. The molecule has 4 heteroatoms. The predicted octanol–water partition coefficient (Wildman–Crippen LogP) is 4.20. The van der Waals surface area contributed by atoms with E-state index >= 15 is 0 Å². The number of piperidine rings is 1. The second-order valence-electron chi connectivity index (χ2n) is 8.08. The molecule has 2 aromatic carbocycles. The highest BCUT2D eigenvalue weighted by Crippen LogP contribution is 2.20. The maximum atomic E-state index is 12.5. The lowest BCUT2D eigenvalue weighted by Crippen LogP contribution is -2.29. The number of nitrogens with zero attached hydrogens (tertiary/aromatic N) is 2. The smallest absolute Gasteiger partial charge is 0.251 e. The van der Waals surface area contributed by atoms with Gasteiger partial charge in [-0.15, -0.1) is 0 Å². The summed E-state index contributed by atoms with van der Waals surface area (Å²) in [7, 11) is 0. The van der Waals surface area contributed by atoms with Crippen LogP contribution in [0.3, 0.4) is 0 Å². The molecule has 2 saturated heterocycles. The predicted molar refractivity (Wildman–Crippen MR) is 115 cm³/mol. The van der Waals surface area contributed by atoms with Crippen LogP contribution in [-0.4, -0.2) is 37.0 Å². The highest BCUT2D eigenvalue weighted by Gasteiger charge is 2.13. The van der Waals surface area contributed by atoms with Crippen LogP contribution < -0.4 is 10.2 Å². The fourth-order valence-electron chi connectivity index (χ4n) is 4.30. The number of likely N-dealkylation sites (tertiary alicyclic amines) is 1. The van der Waals surface area contributed by atoms with Crippen molar-refractivity contribution in [2.75, 3.05) is 31.1 Å². The van der Waals surface area contributed by atoms with Crippen molar-refractivity contribution in [1.29, 1.82) is 0 Å². The minimum absolute atomic E-state index is 0.00450. The first-order chi connectivity index (χ1) is 13.8. The number of carbonyl (C=O) groups is 1. The second-order valence-corrected chi connectivity index (χ2v) is 8.08. The summed E-state index contributed by atoms with van der Waals surface area (Å²) in [6.45, 7) is 6.24. The summed E-state index contributed by atoms with van der Waals surface area (Å²) in [5.41, 5.74) is 4.45. The average Bonchev–Trinajstić information content (AvgIpc) is 3.26. The van der Waals surface area contributed by atoms with Gasteiger partial charge in [-0.05, 0) is 80.6 Å². The van der Waals surface area contributed by atoms with Crippen LogP contribution in [0, 0.1) is 0 Å². The fourth-order valence-corrected chi connectivity index (χ4v) is 4.30. The van der Waals surface area contributed by atoms with Crippen molar-refractivity contribution in [1.82, 2.24) is 10.2 Å². The molecule has 2 aliphatic heterocycles. The number of amides is 1. The first-order valence-electron chi connectivity index (χ1n) is 10.7. The minimum Gasteiger partial charge on any atom is -0.372 e. The Kier molecular flexibility index (Phi) is 6.27. The molecule has 1 amide bonds. The number of hydrogen-bond acceptors (Lipinski definition) is 3. The third-order valence-electron chi connectivity index (χ3n) is 5.90. The molecule has 0 saturated carbocycles. The largest absolute Gasteiger partial charge is 0.372 e. The molecule has 2 aliphatic rings. The van der Waals surface area contributed by atoms with E-state index in [0.29, 0.717) is 6.54 Å². The molecule has 2 fully saturated rings. The van der Waals surface area contributed by atoms with Crippen LogP contribution in [0.4, 0.5) is 5.69 Å². The van der Waals surface area contributed by atoms with Crippen molar-refractivity contribution in [2.45, 2.75) is 45.2 Å². The Labute approximate surface area is 168 Å². The molecule has 4 nitrogen and oxygen atoms in total.